The second-order valence-electron chi connectivity index (χ2n) is 6.52. The first-order valence-electron chi connectivity index (χ1n) is 8.70. The Balaban J connectivity index is 1.69. The number of likely N-dealkylation sites (tertiary alicyclic amines) is 1. The lowest BCUT2D eigenvalue weighted by Crippen LogP contribution is -2.40. The fourth-order valence-corrected chi connectivity index (χ4v) is 3.18. The summed E-state index contributed by atoms with van der Waals surface area (Å²) in [6, 6.07) is 7.52. The van der Waals surface area contributed by atoms with Crippen molar-refractivity contribution in [1.82, 2.24) is 14.9 Å². The van der Waals surface area contributed by atoms with Crippen LogP contribution in [0.1, 0.15) is 41.9 Å². The number of aliphatic hydroxyl groups excluding tert-OH is 1. The molecule has 1 amide bonds. The maximum atomic E-state index is 12.8. The number of anilines is 1. The standard InChI is InChI=1S/C19H24N4O2/c1-14(18-11-20-7-8-21-18)22-17-6-2-5-16(10-17)19(25)23-9-3-4-15(12-23)13-24/h2,5-8,10-11,14-15,22,24H,3-4,9,12-13H2,1H3. The largest absolute Gasteiger partial charge is 0.396 e. The van der Waals surface area contributed by atoms with Crippen LogP contribution < -0.4 is 5.32 Å². The monoisotopic (exact) mass is 340 g/mol. The van der Waals surface area contributed by atoms with Gasteiger partial charge in [-0.3, -0.25) is 14.8 Å². The number of nitrogens with zero attached hydrogens (tertiary/aromatic N) is 3. The molecular weight excluding hydrogens is 316 g/mol. The van der Waals surface area contributed by atoms with Crippen molar-refractivity contribution >= 4 is 11.6 Å². The van der Waals surface area contributed by atoms with Crippen LogP contribution in [0.2, 0.25) is 0 Å². The van der Waals surface area contributed by atoms with Crippen molar-refractivity contribution in [3.8, 4) is 0 Å². The van der Waals surface area contributed by atoms with E-state index in [2.05, 4.69) is 15.3 Å². The van der Waals surface area contributed by atoms with E-state index in [1.165, 1.54) is 0 Å². The van der Waals surface area contributed by atoms with Crippen LogP contribution in [0.25, 0.3) is 0 Å². The first-order valence-corrected chi connectivity index (χ1v) is 8.70. The third-order valence-electron chi connectivity index (χ3n) is 4.58. The minimum atomic E-state index is -0.00666. The zero-order chi connectivity index (χ0) is 17.6. The topological polar surface area (TPSA) is 78.4 Å². The SMILES string of the molecule is CC(Nc1cccc(C(=O)N2CCCC(CO)C2)c1)c1cnccn1. The Hall–Kier alpha value is -2.47. The number of piperidine rings is 1. The minimum Gasteiger partial charge on any atom is -0.396 e. The van der Waals surface area contributed by atoms with Gasteiger partial charge in [0.1, 0.15) is 0 Å². The van der Waals surface area contributed by atoms with Gasteiger partial charge in [-0.1, -0.05) is 6.07 Å². The molecule has 0 bridgehead atoms. The summed E-state index contributed by atoms with van der Waals surface area (Å²) in [5, 5.41) is 12.7. The highest BCUT2D eigenvalue weighted by Crippen LogP contribution is 2.21. The molecule has 0 radical (unpaired) electrons. The average Bonchev–Trinajstić information content (AvgIpc) is 2.68. The van der Waals surface area contributed by atoms with Crippen LogP contribution in [0, 0.1) is 5.92 Å². The summed E-state index contributed by atoms with van der Waals surface area (Å²) < 4.78 is 0. The lowest BCUT2D eigenvalue weighted by molar-refractivity contribution is 0.0621. The Labute approximate surface area is 147 Å². The zero-order valence-electron chi connectivity index (χ0n) is 14.4. The van der Waals surface area contributed by atoms with Gasteiger partial charge in [0, 0.05) is 43.3 Å². The summed E-state index contributed by atoms with van der Waals surface area (Å²) in [5.41, 5.74) is 2.38. The number of carbonyl (C=O) groups excluding carboxylic acids is 1. The van der Waals surface area contributed by atoms with Gasteiger partial charge in [0.25, 0.3) is 5.91 Å². The van der Waals surface area contributed by atoms with Gasteiger partial charge in [0.2, 0.25) is 0 Å². The fraction of sp³-hybridized carbons (Fsp3) is 0.421. The van der Waals surface area contributed by atoms with E-state index in [-0.39, 0.29) is 24.5 Å². The molecule has 2 heterocycles. The van der Waals surface area contributed by atoms with Crippen LogP contribution >= 0.6 is 0 Å². The van der Waals surface area contributed by atoms with Gasteiger partial charge < -0.3 is 15.3 Å². The van der Waals surface area contributed by atoms with E-state index in [0.717, 1.165) is 30.8 Å². The number of benzene rings is 1. The van der Waals surface area contributed by atoms with Crippen molar-refractivity contribution in [2.24, 2.45) is 5.92 Å². The number of hydrogen-bond donors (Lipinski definition) is 2. The lowest BCUT2D eigenvalue weighted by Gasteiger charge is -2.32. The smallest absolute Gasteiger partial charge is 0.253 e. The normalized spacial score (nSPS) is 18.6. The molecule has 1 aromatic heterocycles. The van der Waals surface area contributed by atoms with Crippen molar-refractivity contribution in [2.45, 2.75) is 25.8 Å². The molecule has 132 valence electrons. The molecule has 0 spiro atoms. The molecule has 0 saturated carbocycles. The second kappa shape index (κ2) is 8.07. The number of carbonyl (C=O) groups is 1. The maximum absolute atomic E-state index is 12.8. The number of aromatic nitrogens is 2. The minimum absolute atomic E-state index is 0.00666. The van der Waals surface area contributed by atoms with Gasteiger partial charge >= 0.3 is 0 Å². The van der Waals surface area contributed by atoms with Crippen LogP contribution in [0.3, 0.4) is 0 Å². The van der Waals surface area contributed by atoms with Gasteiger partial charge in [-0.05, 0) is 43.9 Å². The van der Waals surface area contributed by atoms with Crippen molar-refractivity contribution in [2.75, 3.05) is 25.0 Å². The van der Waals surface area contributed by atoms with Crippen LogP contribution in [0.5, 0.6) is 0 Å². The third kappa shape index (κ3) is 4.33. The Morgan fingerprint density at radius 2 is 2.32 bits per heavy atom. The van der Waals surface area contributed by atoms with Crippen molar-refractivity contribution in [1.29, 1.82) is 0 Å². The highest BCUT2D eigenvalue weighted by molar-refractivity contribution is 5.95. The molecule has 2 unspecified atom stereocenters. The number of rotatable bonds is 5. The molecule has 6 nitrogen and oxygen atoms in total. The molecule has 0 aliphatic carbocycles. The van der Waals surface area contributed by atoms with E-state index in [1.54, 1.807) is 18.6 Å². The molecule has 1 saturated heterocycles. The fourth-order valence-electron chi connectivity index (χ4n) is 3.18. The van der Waals surface area contributed by atoms with Gasteiger partial charge in [0.15, 0.2) is 0 Å². The Morgan fingerprint density at radius 3 is 3.08 bits per heavy atom. The molecule has 6 heteroatoms. The number of nitrogens with one attached hydrogen (secondary N) is 1. The molecule has 2 N–H and O–H groups in total. The van der Waals surface area contributed by atoms with Gasteiger partial charge in [-0.25, -0.2) is 0 Å². The summed E-state index contributed by atoms with van der Waals surface area (Å²) in [4.78, 5) is 23.0. The highest BCUT2D eigenvalue weighted by atomic mass is 16.3. The number of amides is 1. The van der Waals surface area contributed by atoms with E-state index in [0.29, 0.717) is 12.1 Å². The molecule has 1 aliphatic rings. The summed E-state index contributed by atoms with van der Waals surface area (Å²) >= 11 is 0. The summed E-state index contributed by atoms with van der Waals surface area (Å²) in [6.07, 6.45) is 6.97. The Kier molecular flexibility index (Phi) is 5.60. The third-order valence-corrected chi connectivity index (χ3v) is 4.58. The van der Waals surface area contributed by atoms with Gasteiger partial charge in [-0.2, -0.15) is 0 Å². The summed E-state index contributed by atoms with van der Waals surface area (Å²) in [7, 11) is 0. The lowest BCUT2D eigenvalue weighted by atomic mass is 9.98. The molecule has 2 atom stereocenters. The molecular formula is C19H24N4O2. The second-order valence-corrected chi connectivity index (χ2v) is 6.52. The van der Waals surface area contributed by atoms with E-state index in [4.69, 9.17) is 0 Å². The van der Waals surface area contributed by atoms with E-state index in [9.17, 15) is 9.90 Å². The predicted octanol–water partition coefficient (Wildman–Crippen LogP) is 2.49. The van der Waals surface area contributed by atoms with Crippen molar-refractivity contribution in [3.63, 3.8) is 0 Å². The van der Waals surface area contributed by atoms with E-state index in [1.807, 2.05) is 36.1 Å². The van der Waals surface area contributed by atoms with Crippen LogP contribution in [-0.4, -0.2) is 45.6 Å². The first kappa shape index (κ1) is 17.4. The van der Waals surface area contributed by atoms with Crippen molar-refractivity contribution in [3.05, 3.63) is 54.1 Å². The Bertz CT molecular complexity index is 708. The first-order chi connectivity index (χ1) is 12.2. The van der Waals surface area contributed by atoms with Gasteiger partial charge in [0.05, 0.1) is 17.9 Å². The average molecular weight is 340 g/mol. The molecule has 1 aliphatic heterocycles. The number of hydrogen-bond acceptors (Lipinski definition) is 5. The van der Waals surface area contributed by atoms with E-state index < -0.39 is 0 Å². The van der Waals surface area contributed by atoms with Crippen molar-refractivity contribution < 1.29 is 9.90 Å². The zero-order valence-corrected chi connectivity index (χ0v) is 14.4. The molecule has 1 aromatic carbocycles. The quantitative estimate of drug-likeness (QED) is 0.874. The Morgan fingerprint density at radius 1 is 1.44 bits per heavy atom. The van der Waals surface area contributed by atoms with Gasteiger partial charge in [-0.15, -0.1) is 0 Å². The summed E-state index contributed by atoms with van der Waals surface area (Å²) in [6.45, 7) is 3.53. The number of aliphatic hydroxyl groups is 1. The highest BCUT2D eigenvalue weighted by Gasteiger charge is 2.24. The molecule has 25 heavy (non-hydrogen) atoms. The summed E-state index contributed by atoms with van der Waals surface area (Å²) in [5.74, 6) is 0.213. The molecule has 2 aromatic rings. The maximum Gasteiger partial charge on any atom is 0.253 e. The van der Waals surface area contributed by atoms with Crippen LogP contribution in [0.4, 0.5) is 5.69 Å². The molecule has 1 fully saturated rings. The molecule has 3 rings (SSSR count). The van der Waals surface area contributed by atoms with Crippen LogP contribution in [-0.2, 0) is 0 Å². The van der Waals surface area contributed by atoms with Crippen LogP contribution in [0.15, 0.2) is 42.9 Å². The van der Waals surface area contributed by atoms with E-state index >= 15 is 0 Å². The predicted molar refractivity (Wildman–Crippen MR) is 96.2 cm³/mol.